The molecule has 0 saturated heterocycles. The quantitative estimate of drug-likeness (QED) is 0.364. The van der Waals surface area contributed by atoms with E-state index in [4.69, 9.17) is 9.47 Å². The Hall–Kier alpha value is -0.870. The van der Waals surface area contributed by atoms with Gasteiger partial charge in [-0.1, -0.05) is 12.2 Å². The number of carbonyl (C=O) groups excluding carboxylic acids is 1. The zero-order chi connectivity index (χ0) is 12.6. The van der Waals surface area contributed by atoms with Gasteiger partial charge >= 0.3 is 5.97 Å². The van der Waals surface area contributed by atoms with E-state index in [1.807, 2.05) is 6.92 Å². The maximum atomic E-state index is 11.0. The molecule has 4 nitrogen and oxygen atoms in total. The number of methoxy groups -OCH3 is 3. The lowest BCUT2D eigenvalue weighted by Crippen LogP contribution is -2.19. The van der Waals surface area contributed by atoms with Crippen LogP contribution in [0.2, 0.25) is 0 Å². The molecule has 0 aromatic carbocycles. The number of ether oxygens (including phenoxy) is 3. The monoisotopic (exact) mass is 230 g/mol. The van der Waals surface area contributed by atoms with Crippen molar-refractivity contribution >= 4 is 5.97 Å². The fourth-order valence-corrected chi connectivity index (χ4v) is 1.48. The zero-order valence-corrected chi connectivity index (χ0v) is 10.6. The van der Waals surface area contributed by atoms with Gasteiger partial charge in [0, 0.05) is 27.1 Å². The third-order valence-corrected chi connectivity index (χ3v) is 2.62. The highest BCUT2D eigenvalue weighted by molar-refractivity contribution is 5.69. The minimum Gasteiger partial charge on any atom is -0.469 e. The maximum Gasteiger partial charge on any atom is 0.305 e. The molecule has 0 heterocycles. The van der Waals surface area contributed by atoms with E-state index in [-0.39, 0.29) is 18.2 Å². The summed E-state index contributed by atoms with van der Waals surface area (Å²) >= 11 is 0. The highest BCUT2D eigenvalue weighted by Crippen LogP contribution is 2.22. The molecule has 1 atom stereocenters. The molecule has 4 heteroatoms. The zero-order valence-electron chi connectivity index (χ0n) is 10.6. The van der Waals surface area contributed by atoms with Gasteiger partial charge in [0.15, 0.2) is 6.29 Å². The summed E-state index contributed by atoms with van der Waals surface area (Å²) < 4.78 is 14.9. The molecule has 0 fully saturated rings. The van der Waals surface area contributed by atoms with Gasteiger partial charge in [0.1, 0.15) is 0 Å². The second kappa shape index (κ2) is 8.30. The van der Waals surface area contributed by atoms with Crippen LogP contribution in [0.25, 0.3) is 0 Å². The number of rotatable bonds is 8. The lowest BCUT2D eigenvalue weighted by molar-refractivity contribution is -0.141. The van der Waals surface area contributed by atoms with Crippen molar-refractivity contribution < 1.29 is 19.0 Å². The molecule has 0 N–H and O–H groups in total. The number of hydrogen-bond acceptors (Lipinski definition) is 4. The Morgan fingerprint density at radius 2 is 1.81 bits per heavy atom. The molecule has 0 rings (SSSR count). The van der Waals surface area contributed by atoms with Gasteiger partial charge in [-0.25, -0.2) is 0 Å². The van der Waals surface area contributed by atoms with Crippen LogP contribution >= 0.6 is 0 Å². The standard InChI is InChI=1S/C12H22O4/c1-9(2)10(6-7-11(13)14-3)8-12(15-4)16-5/h10,12H,1,6-8H2,2-5H3/t10-/m0/s1. The Balaban J connectivity index is 4.17. The first-order valence-electron chi connectivity index (χ1n) is 5.32. The van der Waals surface area contributed by atoms with E-state index < -0.39 is 0 Å². The van der Waals surface area contributed by atoms with Crippen molar-refractivity contribution in [2.75, 3.05) is 21.3 Å². The minimum absolute atomic E-state index is 0.197. The van der Waals surface area contributed by atoms with Gasteiger partial charge in [0.2, 0.25) is 0 Å². The summed E-state index contributed by atoms with van der Waals surface area (Å²) in [6.07, 6.45) is 1.57. The van der Waals surface area contributed by atoms with Crippen LogP contribution in [0.3, 0.4) is 0 Å². The van der Waals surface area contributed by atoms with E-state index in [0.717, 1.165) is 5.57 Å². The highest BCUT2D eigenvalue weighted by atomic mass is 16.7. The molecule has 0 bridgehead atoms. The lowest BCUT2D eigenvalue weighted by Gasteiger charge is -2.21. The van der Waals surface area contributed by atoms with Gasteiger partial charge in [0.25, 0.3) is 0 Å². The molecule has 0 unspecified atom stereocenters. The van der Waals surface area contributed by atoms with Crippen LogP contribution < -0.4 is 0 Å². The van der Waals surface area contributed by atoms with Crippen molar-refractivity contribution in [3.8, 4) is 0 Å². The summed E-state index contributed by atoms with van der Waals surface area (Å²) in [6.45, 7) is 5.87. The molecule has 0 aromatic rings. The maximum absolute atomic E-state index is 11.0. The van der Waals surface area contributed by atoms with Crippen molar-refractivity contribution in [1.82, 2.24) is 0 Å². The predicted octanol–water partition coefficient (Wildman–Crippen LogP) is 2.14. The van der Waals surface area contributed by atoms with Crippen LogP contribution in [0.4, 0.5) is 0 Å². The predicted molar refractivity (Wildman–Crippen MR) is 62.0 cm³/mol. The molecule has 0 aliphatic rings. The van der Waals surface area contributed by atoms with Gasteiger partial charge in [-0.3, -0.25) is 4.79 Å². The molecule has 0 aromatic heterocycles. The third-order valence-electron chi connectivity index (χ3n) is 2.62. The number of esters is 1. The summed E-state index contributed by atoms with van der Waals surface area (Å²) in [7, 11) is 4.60. The highest BCUT2D eigenvalue weighted by Gasteiger charge is 2.17. The van der Waals surface area contributed by atoms with E-state index in [1.54, 1.807) is 14.2 Å². The van der Waals surface area contributed by atoms with Crippen molar-refractivity contribution in [3.63, 3.8) is 0 Å². The summed E-state index contributed by atoms with van der Waals surface area (Å²) in [5.74, 6) is 0.0154. The van der Waals surface area contributed by atoms with E-state index in [2.05, 4.69) is 11.3 Å². The topological polar surface area (TPSA) is 44.8 Å². The summed E-state index contributed by atoms with van der Waals surface area (Å²) in [5, 5.41) is 0. The largest absolute Gasteiger partial charge is 0.469 e. The molecule has 16 heavy (non-hydrogen) atoms. The second-order valence-electron chi connectivity index (χ2n) is 3.79. The van der Waals surface area contributed by atoms with Crippen LogP contribution in [0, 0.1) is 5.92 Å². The number of allylic oxidation sites excluding steroid dienone is 1. The summed E-state index contributed by atoms with van der Waals surface area (Å²) in [4.78, 5) is 11.0. The fraction of sp³-hybridized carbons (Fsp3) is 0.750. The van der Waals surface area contributed by atoms with Crippen LogP contribution in [0.1, 0.15) is 26.2 Å². The van der Waals surface area contributed by atoms with Gasteiger partial charge in [0.05, 0.1) is 7.11 Å². The third kappa shape index (κ3) is 5.88. The summed E-state index contributed by atoms with van der Waals surface area (Å²) in [6, 6.07) is 0. The van der Waals surface area contributed by atoms with Crippen LogP contribution in [-0.4, -0.2) is 33.6 Å². The van der Waals surface area contributed by atoms with Crippen molar-refractivity contribution in [1.29, 1.82) is 0 Å². The fourth-order valence-electron chi connectivity index (χ4n) is 1.48. The number of carbonyl (C=O) groups is 1. The molecule has 0 spiro atoms. The Kier molecular flexibility index (Phi) is 7.85. The average molecular weight is 230 g/mol. The van der Waals surface area contributed by atoms with Gasteiger partial charge < -0.3 is 14.2 Å². The molecule has 0 amide bonds. The van der Waals surface area contributed by atoms with Crippen LogP contribution in [-0.2, 0) is 19.0 Å². The Labute approximate surface area is 97.6 Å². The van der Waals surface area contributed by atoms with Crippen LogP contribution in [0.5, 0.6) is 0 Å². The molecule has 0 aliphatic heterocycles. The van der Waals surface area contributed by atoms with E-state index in [9.17, 15) is 4.79 Å². The van der Waals surface area contributed by atoms with Crippen molar-refractivity contribution in [2.24, 2.45) is 5.92 Å². The Morgan fingerprint density at radius 3 is 2.19 bits per heavy atom. The van der Waals surface area contributed by atoms with E-state index >= 15 is 0 Å². The first-order valence-corrected chi connectivity index (χ1v) is 5.32. The molecular formula is C12H22O4. The first kappa shape index (κ1) is 15.1. The molecule has 94 valence electrons. The number of hydrogen-bond donors (Lipinski definition) is 0. The van der Waals surface area contributed by atoms with Gasteiger partial charge in [-0.05, 0) is 19.3 Å². The van der Waals surface area contributed by atoms with E-state index in [1.165, 1.54) is 7.11 Å². The second-order valence-corrected chi connectivity index (χ2v) is 3.79. The Bertz CT molecular complexity index is 221. The normalized spacial score (nSPS) is 12.6. The summed E-state index contributed by atoms with van der Waals surface area (Å²) in [5.41, 5.74) is 1.03. The van der Waals surface area contributed by atoms with Gasteiger partial charge in [-0.15, -0.1) is 0 Å². The average Bonchev–Trinajstić information content (AvgIpc) is 2.28. The molecule has 0 saturated carbocycles. The SMILES string of the molecule is C=C(C)[C@@H](CCC(=O)OC)CC(OC)OC. The minimum atomic E-state index is -0.251. The molecular weight excluding hydrogens is 208 g/mol. The van der Waals surface area contributed by atoms with Crippen molar-refractivity contribution in [2.45, 2.75) is 32.5 Å². The molecule has 0 aliphatic carbocycles. The first-order chi connectivity index (χ1) is 7.54. The lowest BCUT2D eigenvalue weighted by atomic mass is 9.92. The van der Waals surface area contributed by atoms with Gasteiger partial charge in [-0.2, -0.15) is 0 Å². The smallest absolute Gasteiger partial charge is 0.305 e. The van der Waals surface area contributed by atoms with Crippen molar-refractivity contribution in [3.05, 3.63) is 12.2 Å². The Morgan fingerprint density at radius 1 is 1.25 bits per heavy atom. The molecule has 0 radical (unpaired) electrons. The van der Waals surface area contributed by atoms with Crippen LogP contribution in [0.15, 0.2) is 12.2 Å². The van der Waals surface area contributed by atoms with E-state index in [0.29, 0.717) is 19.3 Å².